The highest BCUT2D eigenvalue weighted by Gasteiger charge is 2.45. The molecule has 4 rings (SSSR count). The maximum Gasteiger partial charge on any atom is 0.278 e. The highest BCUT2D eigenvalue weighted by atomic mass is 16.2. The summed E-state index contributed by atoms with van der Waals surface area (Å²) < 4.78 is 0. The summed E-state index contributed by atoms with van der Waals surface area (Å²) >= 11 is 0. The highest BCUT2D eigenvalue weighted by molar-refractivity contribution is 6.36. The molecule has 0 bridgehead atoms. The fourth-order valence-electron chi connectivity index (χ4n) is 4.87. The first-order chi connectivity index (χ1) is 13.5. The minimum Gasteiger partial charge on any atom is -0.364 e. The van der Waals surface area contributed by atoms with Crippen molar-refractivity contribution >= 4 is 17.4 Å². The lowest BCUT2D eigenvalue weighted by Crippen LogP contribution is -2.47. The number of hydrogen-bond acceptors (Lipinski definition) is 4. The maximum absolute atomic E-state index is 13.6. The van der Waals surface area contributed by atoms with E-state index < -0.39 is 0 Å². The van der Waals surface area contributed by atoms with Crippen molar-refractivity contribution in [1.82, 2.24) is 14.7 Å². The van der Waals surface area contributed by atoms with Crippen molar-refractivity contribution in [3.8, 4) is 0 Å². The fraction of sp³-hybridized carbons (Fsp3) is 0.565. The van der Waals surface area contributed by atoms with Gasteiger partial charge in [0, 0.05) is 32.2 Å². The molecule has 0 unspecified atom stereocenters. The van der Waals surface area contributed by atoms with E-state index in [9.17, 15) is 9.59 Å². The number of nitrogens with zero attached hydrogens (tertiary/aromatic N) is 3. The first-order valence-corrected chi connectivity index (χ1v) is 10.6. The van der Waals surface area contributed by atoms with Crippen molar-refractivity contribution in [2.75, 3.05) is 33.2 Å². The summed E-state index contributed by atoms with van der Waals surface area (Å²) in [5, 5.41) is 0. The van der Waals surface area contributed by atoms with E-state index in [2.05, 4.69) is 29.8 Å². The first kappa shape index (κ1) is 19.2. The minimum absolute atomic E-state index is 0.0551. The van der Waals surface area contributed by atoms with Crippen LogP contribution in [0.15, 0.2) is 23.9 Å². The van der Waals surface area contributed by atoms with Gasteiger partial charge in [-0.25, -0.2) is 0 Å². The summed E-state index contributed by atoms with van der Waals surface area (Å²) in [5.74, 6) is -0.158. The molecule has 1 aliphatic carbocycles. The second-order valence-corrected chi connectivity index (χ2v) is 8.60. The van der Waals surface area contributed by atoms with Gasteiger partial charge in [-0.1, -0.05) is 43.0 Å². The molecule has 0 N–H and O–H groups in total. The predicted octanol–water partition coefficient (Wildman–Crippen LogP) is 2.96. The van der Waals surface area contributed by atoms with Gasteiger partial charge in [-0.05, 0) is 44.9 Å². The van der Waals surface area contributed by atoms with Crippen LogP contribution < -0.4 is 0 Å². The third-order valence-corrected chi connectivity index (χ3v) is 6.50. The second kappa shape index (κ2) is 7.70. The Hall–Kier alpha value is -2.14. The van der Waals surface area contributed by atoms with Crippen LogP contribution in [-0.2, 0) is 9.59 Å². The summed E-state index contributed by atoms with van der Waals surface area (Å²) in [4.78, 5) is 33.2. The standard InChI is InChI=1S/C23H31N3O2/c1-16-9-10-19(17(2)15-16)20-21(25-13-11-24(3)12-14-25)23(28)26(22(20)27)18-7-5-4-6-8-18/h9-10,15,18H,4-8,11-14H2,1-3H3. The molecule has 2 aliphatic heterocycles. The Balaban J connectivity index is 1.77. The zero-order chi connectivity index (χ0) is 19.8. The predicted molar refractivity (Wildman–Crippen MR) is 111 cm³/mol. The van der Waals surface area contributed by atoms with Gasteiger partial charge in [-0.15, -0.1) is 0 Å². The van der Waals surface area contributed by atoms with Crippen LogP contribution in [-0.4, -0.2) is 65.8 Å². The van der Waals surface area contributed by atoms with Crippen molar-refractivity contribution < 1.29 is 9.59 Å². The number of rotatable bonds is 3. The minimum atomic E-state index is -0.0854. The molecule has 2 heterocycles. The Morgan fingerprint density at radius 2 is 1.57 bits per heavy atom. The van der Waals surface area contributed by atoms with Crippen LogP contribution in [0, 0.1) is 13.8 Å². The molecule has 0 spiro atoms. The van der Waals surface area contributed by atoms with Crippen molar-refractivity contribution in [3.05, 3.63) is 40.6 Å². The van der Waals surface area contributed by atoms with Crippen LogP contribution in [0.4, 0.5) is 0 Å². The van der Waals surface area contributed by atoms with Gasteiger partial charge in [-0.3, -0.25) is 14.5 Å². The van der Waals surface area contributed by atoms with Crippen molar-refractivity contribution in [2.24, 2.45) is 0 Å². The van der Waals surface area contributed by atoms with Gasteiger partial charge in [0.25, 0.3) is 11.8 Å². The molecule has 150 valence electrons. The zero-order valence-corrected chi connectivity index (χ0v) is 17.3. The number of amides is 2. The first-order valence-electron chi connectivity index (χ1n) is 10.6. The molecule has 0 aromatic heterocycles. The Labute approximate surface area is 168 Å². The largest absolute Gasteiger partial charge is 0.364 e. The molecular formula is C23H31N3O2. The molecule has 28 heavy (non-hydrogen) atoms. The van der Waals surface area contributed by atoms with E-state index in [4.69, 9.17) is 0 Å². The molecule has 0 radical (unpaired) electrons. The molecule has 1 aromatic rings. The topological polar surface area (TPSA) is 43.9 Å². The number of hydrogen-bond donors (Lipinski definition) is 0. The Bertz CT molecular complexity index is 815. The van der Waals surface area contributed by atoms with Crippen molar-refractivity contribution in [1.29, 1.82) is 0 Å². The third kappa shape index (κ3) is 3.37. The van der Waals surface area contributed by atoms with Gasteiger partial charge in [0.2, 0.25) is 0 Å². The fourth-order valence-corrected chi connectivity index (χ4v) is 4.87. The number of carbonyl (C=O) groups excluding carboxylic acids is 2. The molecule has 2 fully saturated rings. The maximum atomic E-state index is 13.6. The quantitative estimate of drug-likeness (QED) is 0.755. The van der Waals surface area contributed by atoms with E-state index in [1.165, 1.54) is 12.0 Å². The summed E-state index contributed by atoms with van der Waals surface area (Å²) in [6, 6.07) is 6.22. The number of imide groups is 1. The molecule has 1 aromatic carbocycles. The molecule has 1 saturated carbocycles. The molecule has 2 amide bonds. The number of likely N-dealkylation sites (N-methyl/N-ethyl adjacent to an activating group) is 1. The lowest BCUT2D eigenvalue weighted by atomic mass is 9.94. The van der Waals surface area contributed by atoms with E-state index in [0.29, 0.717) is 11.3 Å². The molecule has 0 atom stereocenters. The van der Waals surface area contributed by atoms with E-state index in [0.717, 1.165) is 63.0 Å². The second-order valence-electron chi connectivity index (χ2n) is 8.60. The van der Waals surface area contributed by atoms with Crippen LogP contribution in [0.5, 0.6) is 0 Å². The normalized spacial score (nSPS) is 22.5. The number of piperazine rings is 1. The zero-order valence-electron chi connectivity index (χ0n) is 17.3. The SMILES string of the molecule is Cc1ccc(C2=C(N3CCN(C)CC3)C(=O)N(C3CCCCC3)C2=O)c(C)c1. The van der Waals surface area contributed by atoms with Crippen LogP contribution in [0.1, 0.15) is 48.8 Å². The Kier molecular flexibility index (Phi) is 5.28. The van der Waals surface area contributed by atoms with Gasteiger partial charge >= 0.3 is 0 Å². The third-order valence-electron chi connectivity index (χ3n) is 6.50. The average molecular weight is 382 g/mol. The summed E-state index contributed by atoms with van der Waals surface area (Å²) in [6.07, 6.45) is 5.28. The average Bonchev–Trinajstić information content (AvgIpc) is 2.93. The Morgan fingerprint density at radius 3 is 2.21 bits per heavy atom. The molecule has 3 aliphatic rings. The smallest absolute Gasteiger partial charge is 0.278 e. The van der Waals surface area contributed by atoms with Gasteiger partial charge in [-0.2, -0.15) is 0 Å². The number of carbonyl (C=O) groups is 2. The Morgan fingerprint density at radius 1 is 0.893 bits per heavy atom. The van der Waals surface area contributed by atoms with E-state index >= 15 is 0 Å². The number of aryl methyl sites for hydroxylation is 2. The highest BCUT2D eigenvalue weighted by Crippen LogP contribution is 2.37. The monoisotopic (exact) mass is 381 g/mol. The van der Waals surface area contributed by atoms with Gasteiger partial charge in [0.1, 0.15) is 5.70 Å². The van der Waals surface area contributed by atoms with Gasteiger partial charge in [0.15, 0.2) is 0 Å². The van der Waals surface area contributed by atoms with Crippen LogP contribution in [0.3, 0.4) is 0 Å². The number of benzene rings is 1. The van der Waals surface area contributed by atoms with Crippen LogP contribution in [0.25, 0.3) is 5.57 Å². The van der Waals surface area contributed by atoms with Crippen molar-refractivity contribution in [2.45, 2.75) is 52.0 Å². The van der Waals surface area contributed by atoms with E-state index in [1.807, 2.05) is 19.1 Å². The van der Waals surface area contributed by atoms with E-state index in [-0.39, 0.29) is 17.9 Å². The lowest BCUT2D eigenvalue weighted by molar-refractivity contribution is -0.141. The summed E-state index contributed by atoms with van der Waals surface area (Å²) in [7, 11) is 2.10. The van der Waals surface area contributed by atoms with Crippen LogP contribution in [0.2, 0.25) is 0 Å². The summed E-state index contributed by atoms with van der Waals surface area (Å²) in [6.45, 7) is 7.50. The lowest BCUT2D eigenvalue weighted by Gasteiger charge is -2.35. The summed E-state index contributed by atoms with van der Waals surface area (Å²) in [5.41, 5.74) is 4.40. The molecule has 5 nitrogen and oxygen atoms in total. The van der Waals surface area contributed by atoms with Gasteiger partial charge in [0.05, 0.1) is 5.57 Å². The molecule has 1 saturated heterocycles. The van der Waals surface area contributed by atoms with Crippen molar-refractivity contribution in [3.63, 3.8) is 0 Å². The molecule has 5 heteroatoms. The van der Waals surface area contributed by atoms with E-state index in [1.54, 1.807) is 4.90 Å². The molecular weight excluding hydrogens is 350 g/mol. The van der Waals surface area contributed by atoms with Crippen LogP contribution >= 0.6 is 0 Å². The van der Waals surface area contributed by atoms with Gasteiger partial charge < -0.3 is 9.80 Å².